The summed E-state index contributed by atoms with van der Waals surface area (Å²) in [5.41, 5.74) is 3.02. The highest BCUT2D eigenvalue weighted by atomic mass is 16.5. The van der Waals surface area contributed by atoms with Crippen LogP contribution in [0.3, 0.4) is 0 Å². The van der Waals surface area contributed by atoms with Crippen molar-refractivity contribution in [2.75, 3.05) is 0 Å². The summed E-state index contributed by atoms with van der Waals surface area (Å²) < 4.78 is 10.4. The second-order valence-electron chi connectivity index (χ2n) is 6.04. The van der Waals surface area contributed by atoms with Gasteiger partial charge in [-0.05, 0) is 68.0 Å². The highest BCUT2D eigenvalue weighted by Gasteiger charge is 2.20. The highest BCUT2D eigenvalue weighted by Crippen LogP contribution is 2.22. The Morgan fingerprint density at radius 3 is 2.75 bits per heavy atom. The molecule has 5 nitrogen and oxygen atoms in total. The average molecular weight is 327 g/mol. The molecular weight excluding hydrogens is 306 g/mol. The zero-order valence-corrected chi connectivity index (χ0v) is 13.7. The van der Waals surface area contributed by atoms with Gasteiger partial charge in [0, 0.05) is 0 Å². The Hall–Kier alpha value is -2.56. The number of hydrogen-bond donors (Lipinski definition) is 1. The van der Waals surface area contributed by atoms with Gasteiger partial charge in [0.05, 0.1) is 18.4 Å². The summed E-state index contributed by atoms with van der Waals surface area (Å²) in [6, 6.07) is 9.18. The first-order valence-electron chi connectivity index (χ1n) is 8.26. The Labute approximate surface area is 141 Å². The van der Waals surface area contributed by atoms with E-state index < -0.39 is 12.1 Å². The van der Waals surface area contributed by atoms with Crippen LogP contribution in [0.15, 0.2) is 41.0 Å². The number of esters is 1. The predicted octanol–water partition coefficient (Wildman–Crippen LogP) is 3.02. The summed E-state index contributed by atoms with van der Waals surface area (Å²) in [6.07, 6.45) is 5.09. The second kappa shape index (κ2) is 7.34. The first-order chi connectivity index (χ1) is 11.6. The van der Waals surface area contributed by atoms with Gasteiger partial charge in [0.25, 0.3) is 5.91 Å². The average Bonchev–Trinajstić information content (AvgIpc) is 3.12. The molecule has 0 saturated carbocycles. The molecule has 1 N–H and O–H groups in total. The van der Waals surface area contributed by atoms with Crippen molar-refractivity contribution in [2.24, 2.45) is 0 Å². The Morgan fingerprint density at radius 1 is 1.21 bits per heavy atom. The molecule has 126 valence electrons. The SMILES string of the molecule is C[C@@H](OC(=O)c1ccc2c(c1)CCCC2)C(=O)NCc1ccco1. The fraction of sp³-hybridized carbons (Fsp3) is 0.368. The van der Waals surface area contributed by atoms with Crippen LogP contribution in [0.4, 0.5) is 0 Å². The van der Waals surface area contributed by atoms with E-state index in [1.54, 1.807) is 31.4 Å². The molecule has 0 unspecified atom stereocenters. The van der Waals surface area contributed by atoms with Gasteiger partial charge in [-0.25, -0.2) is 4.79 Å². The van der Waals surface area contributed by atoms with Gasteiger partial charge in [-0.3, -0.25) is 4.79 Å². The van der Waals surface area contributed by atoms with Crippen LogP contribution in [0.1, 0.15) is 47.0 Å². The Balaban J connectivity index is 1.56. The van der Waals surface area contributed by atoms with Crippen molar-refractivity contribution in [1.29, 1.82) is 0 Å². The summed E-state index contributed by atoms with van der Waals surface area (Å²) in [5, 5.41) is 2.68. The van der Waals surface area contributed by atoms with Gasteiger partial charge in [-0.15, -0.1) is 0 Å². The summed E-state index contributed by atoms with van der Waals surface area (Å²) in [7, 11) is 0. The lowest BCUT2D eigenvalue weighted by Gasteiger charge is -2.17. The molecule has 0 aliphatic heterocycles. The van der Waals surface area contributed by atoms with E-state index in [-0.39, 0.29) is 12.5 Å². The van der Waals surface area contributed by atoms with Gasteiger partial charge in [0.1, 0.15) is 5.76 Å². The van der Waals surface area contributed by atoms with Crippen LogP contribution >= 0.6 is 0 Å². The second-order valence-corrected chi connectivity index (χ2v) is 6.04. The van der Waals surface area contributed by atoms with Crippen LogP contribution in [0.5, 0.6) is 0 Å². The molecule has 1 amide bonds. The standard InChI is InChI=1S/C19H21NO4/c1-13(18(21)20-12-17-7-4-10-23-17)24-19(22)16-9-8-14-5-2-3-6-15(14)11-16/h4,7-11,13H,2-3,5-6,12H2,1H3,(H,20,21)/t13-/m1/s1. The molecule has 0 saturated heterocycles. The van der Waals surface area contributed by atoms with E-state index in [0.717, 1.165) is 19.3 Å². The number of nitrogens with one attached hydrogen (secondary N) is 1. The van der Waals surface area contributed by atoms with Crippen molar-refractivity contribution in [3.63, 3.8) is 0 Å². The number of ether oxygens (including phenoxy) is 1. The Morgan fingerprint density at radius 2 is 2.00 bits per heavy atom. The largest absolute Gasteiger partial charge is 0.467 e. The van der Waals surface area contributed by atoms with Gasteiger partial charge in [-0.2, -0.15) is 0 Å². The number of amides is 1. The number of hydrogen-bond acceptors (Lipinski definition) is 4. The maximum absolute atomic E-state index is 12.3. The normalized spacial score (nSPS) is 14.5. The summed E-state index contributed by atoms with van der Waals surface area (Å²) in [5.74, 6) is -0.168. The van der Waals surface area contributed by atoms with E-state index in [4.69, 9.17) is 9.15 Å². The zero-order valence-electron chi connectivity index (χ0n) is 13.7. The van der Waals surface area contributed by atoms with Crippen molar-refractivity contribution in [3.05, 3.63) is 59.0 Å². The third-order valence-corrected chi connectivity index (χ3v) is 4.25. The summed E-state index contributed by atoms with van der Waals surface area (Å²) >= 11 is 0. The van der Waals surface area contributed by atoms with Crippen molar-refractivity contribution in [3.8, 4) is 0 Å². The predicted molar refractivity (Wildman–Crippen MR) is 88.5 cm³/mol. The molecule has 5 heteroatoms. The first kappa shape index (κ1) is 16.3. The van der Waals surface area contributed by atoms with Crippen molar-refractivity contribution >= 4 is 11.9 Å². The van der Waals surface area contributed by atoms with E-state index in [1.165, 1.54) is 17.5 Å². The van der Waals surface area contributed by atoms with Gasteiger partial charge in [0.15, 0.2) is 6.10 Å². The number of rotatable bonds is 5. The molecule has 3 rings (SSSR count). The molecule has 1 aromatic heterocycles. The van der Waals surface area contributed by atoms with E-state index in [9.17, 15) is 9.59 Å². The van der Waals surface area contributed by atoms with Crippen LogP contribution in [0, 0.1) is 0 Å². The van der Waals surface area contributed by atoms with Crippen LogP contribution in [-0.2, 0) is 28.9 Å². The number of aryl methyl sites for hydroxylation is 2. The Bertz CT molecular complexity index is 721. The quantitative estimate of drug-likeness (QED) is 0.857. The smallest absolute Gasteiger partial charge is 0.338 e. The summed E-state index contributed by atoms with van der Waals surface area (Å²) in [4.78, 5) is 24.3. The lowest BCUT2D eigenvalue weighted by molar-refractivity contribution is -0.129. The van der Waals surface area contributed by atoms with Crippen LogP contribution in [0.25, 0.3) is 0 Å². The number of benzene rings is 1. The lowest BCUT2D eigenvalue weighted by atomic mass is 9.90. The third kappa shape index (κ3) is 3.85. The van der Waals surface area contributed by atoms with Gasteiger partial charge in [-0.1, -0.05) is 6.07 Å². The number of carbonyl (C=O) groups excluding carboxylic acids is 2. The van der Waals surface area contributed by atoms with Crippen LogP contribution < -0.4 is 5.32 Å². The minimum Gasteiger partial charge on any atom is -0.467 e. The minimum absolute atomic E-state index is 0.270. The summed E-state index contributed by atoms with van der Waals surface area (Å²) in [6.45, 7) is 1.83. The Kier molecular flexibility index (Phi) is 4.99. The maximum atomic E-state index is 12.3. The van der Waals surface area contributed by atoms with E-state index in [0.29, 0.717) is 11.3 Å². The molecular formula is C19H21NO4. The molecule has 1 aromatic carbocycles. The fourth-order valence-electron chi connectivity index (χ4n) is 2.87. The fourth-order valence-corrected chi connectivity index (χ4v) is 2.87. The minimum atomic E-state index is -0.858. The topological polar surface area (TPSA) is 68.5 Å². The molecule has 0 fully saturated rings. The van der Waals surface area contributed by atoms with Crippen LogP contribution in [-0.4, -0.2) is 18.0 Å². The third-order valence-electron chi connectivity index (χ3n) is 4.25. The number of carbonyl (C=O) groups is 2. The van der Waals surface area contributed by atoms with Gasteiger partial charge >= 0.3 is 5.97 Å². The molecule has 2 aromatic rings. The lowest BCUT2D eigenvalue weighted by Crippen LogP contribution is -2.35. The van der Waals surface area contributed by atoms with Crippen LogP contribution in [0.2, 0.25) is 0 Å². The molecule has 0 bridgehead atoms. The molecule has 24 heavy (non-hydrogen) atoms. The molecule has 1 atom stereocenters. The molecule has 0 radical (unpaired) electrons. The zero-order chi connectivity index (χ0) is 16.9. The van der Waals surface area contributed by atoms with Gasteiger partial charge in [0.2, 0.25) is 0 Å². The van der Waals surface area contributed by atoms with E-state index in [2.05, 4.69) is 5.32 Å². The molecule has 1 aliphatic rings. The molecule has 1 aliphatic carbocycles. The molecule has 1 heterocycles. The van der Waals surface area contributed by atoms with Crippen molar-refractivity contribution < 1.29 is 18.7 Å². The van der Waals surface area contributed by atoms with Crippen molar-refractivity contribution in [2.45, 2.75) is 45.3 Å². The maximum Gasteiger partial charge on any atom is 0.338 e. The number of fused-ring (bicyclic) bond motifs is 1. The molecule has 0 spiro atoms. The monoisotopic (exact) mass is 327 g/mol. The number of furan rings is 1. The van der Waals surface area contributed by atoms with E-state index in [1.807, 2.05) is 12.1 Å². The van der Waals surface area contributed by atoms with Gasteiger partial charge < -0.3 is 14.5 Å². The first-order valence-corrected chi connectivity index (χ1v) is 8.26. The highest BCUT2D eigenvalue weighted by molar-refractivity contribution is 5.92. The van der Waals surface area contributed by atoms with E-state index >= 15 is 0 Å². The van der Waals surface area contributed by atoms with Crippen molar-refractivity contribution in [1.82, 2.24) is 5.32 Å².